The lowest BCUT2D eigenvalue weighted by atomic mass is 10.1. The SMILES string of the molecule is N#Cc1ccc(C(=O)N2CCN(c3nc4c(F)cccc4s3)CC2)cc1. The van der Waals surface area contributed by atoms with Crippen LogP contribution in [0.3, 0.4) is 0 Å². The third-order valence-electron chi connectivity index (χ3n) is 4.46. The molecule has 0 N–H and O–H groups in total. The van der Waals surface area contributed by atoms with Crippen LogP contribution in [-0.2, 0) is 0 Å². The Morgan fingerprint density at radius 3 is 2.50 bits per heavy atom. The fraction of sp³-hybridized carbons (Fsp3) is 0.211. The fourth-order valence-corrected chi connectivity index (χ4v) is 4.04. The number of nitrogens with zero attached hydrogens (tertiary/aromatic N) is 4. The van der Waals surface area contributed by atoms with Gasteiger partial charge in [0.15, 0.2) is 5.13 Å². The average molecular weight is 366 g/mol. The molecule has 1 saturated heterocycles. The molecule has 0 unspecified atom stereocenters. The molecule has 2 aromatic carbocycles. The Hall–Kier alpha value is -2.98. The molecule has 4 rings (SSSR count). The van der Waals surface area contributed by atoms with Gasteiger partial charge in [0.25, 0.3) is 5.91 Å². The van der Waals surface area contributed by atoms with Crippen LogP contribution in [0.4, 0.5) is 9.52 Å². The zero-order chi connectivity index (χ0) is 18.1. The first-order valence-electron chi connectivity index (χ1n) is 8.25. The molecule has 26 heavy (non-hydrogen) atoms. The van der Waals surface area contributed by atoms with Crippen LogP contribution in [0.15, 0.2) is 42.5 Å². The minimum atomic E-state index is -0.306. The Balaban J connectivity index is 1.45. The number of hydrogen-bond acceptors (Lipinski definition) is 5. The minimum absolute atomic E-state index is 0.0375. The summed E-state index contributed by atoms with van der Waals surface area (Å²) in [5.74, 6) is -0.343. The molecule has 0 atom stereocenters. The second kappa shape index (κ2) is 6.73. The second-order valence-electron chi connectivity index (χ2n) is 6.05. The first-order valence-corrected chi connectivity index (χ1v) is 9.07. The van der Waals surface area contributed by atoms with E-state index in [-0.39, 0.29) is 11.7 Å². The van der Waals surface area contributed by atoms with Gasteiger partial charge in [-0.3, -0.25) is 4.79 Å². The van der Waals surface area contributed by atoms with Gasteiger partial charge in [-0.15, -0.1) is 0 Å². The van der Waals surface area contributed by atoms with Crippen molar-refractivity contribution >= 4 is 32.6 Å². The molecule has 0 aliphatic carbocycles. The van der Waals surface area contributed by atoms with E-state index in [9.17, 15) is 9.18 Å². The quantitative estimate of drug-likeness (QED) is 0.698. The van der Waals surface area contributed by atoms with Crippen molar-refractivity contribution in [3.63, 3.8) is 0 Å². The number of benzene rings is 2. The summed E-state index contributed by atoms with van der Waals surface area (Å²) in [6, 6.07) is 13.7. The number of para-hydroxylation sites is 1. The molecule has 1 aliphatic heterocycles. The van der Waals surface area contributed by atoms with Gasteiger partial charge in [-0.1, -0.05) is 17.4 Å². The molecule has 1 amide bonds. The number of carbonyl (C=O) groups excluding carboxylic acids is 1. The lowest BCUT2D eigenvalue weighted by molar-refractivity contribution is 0.0747. The van der Waals surface area contributed by atoms with Crippen molar-refractivity contribution in [3.05, 3.63) is 59.4 Å². The molecule has 1 aromatic heterocycles. The van der Waals surface area contributed by atoms with Crippen LogP contribution in [-0.4, -0.2) is 42.0 Å². The van der Waals surface area contributed by atoms with E-state index in [2.05, 4.69) is 9.88 Å². The first-order chi connectivity index (χ1) is 12.7. The molecule has 2 heterocycles. The van der Waals surface area contributed by atoms with Crippen molar-refractivity contribution in [2.75, 3.05) is 31.1 Å². The van der Waals surface area contributed by atoms with E-state index < -0.39 is 0 Å². The van der Waals surface area contributed by atoms with Crippen molar-refractivity contribution in [1.82, 2.24) is 9.88 Å². The highest BCUT2D eigenvalue weighted by Gasteiger charge is 2.24. The van der Waals surface area contributed by atoms with Gasteiger partial charge in [0.05, 0.1) is 16.3 Å². The monoisotopic (exact) mass is 366 g/mol. The summed E-state index contributed by atoms with van der Waals surface area (Å²) in [5.41, 5.74) is 1.53. The number of amides is 1. The van der Waals surface area contributed by atoms with Crippen molar-refractivity contribution < 1.29 is 9.18 Å². The van der Waals surface area contributed by atoms with Crippen molar-refractivity contribution in [2.24, 2.45) is 0 Å². The molecule has 3 aromatic rings. The number of nitriles is 1. The molecule has 0 bridgehead atoms. The van der Waals surface area contributed by atoms with Crippen molar-refractivity contribution in [1.29, 1.82) is 5.26 Å². The molecular formula is C19H15FN4OS. The van der Waals surface area contributed by atoms with Gasteiger partial charge in [0.1, 0.15) is 11.3 Å². The maximum absolute atomic E-state index is 13.8. The molecule has 130 valence electrons. The largest absolute Gasteiger partial charge is 0.345 e. The Labute approximate surface area is 153 Å². The smallest absolute Gasteiger partial charge is 0.253 e. The lowest BCUT2D eigenvalue weighted by Gasteiger charge is -2.34. The minimum Gasteiger partial charge on any atom is -0.345 e. The van der Waals surface area contributed by atoms with Crippen LogP contribution < -0.4 is 4.90 Å². The highest BCUT2D eigenvalue weighted by molar-refractivity contribution is 7.22. The summed E-state index contributed by atoms with van der Waals surface area (Å²) in [5, 5.41) is 9.63. The molecule has 0 spiro atoms. The molecule has 0 saturated carbocycles. The normalized spacial score (nSPS) is 14.5. The summed E-state index contributed by atoms with van der Waals surface area (Å²) < 4.78 is 14.7. The second-order valence-corrected chi connectivity index (χ2v) is 7.06. The first kappa shape index (κ1) is 16.5. The van der Waals surface area contributed by atoms with Crippen molar-refractivity contribution in [2.45, 2.75) is 0 Å². The van der Waals surface area contributed by atoms with E-state index in [4.69, 9.17) is 5.26 Å². The highest BCUT2D eigenvalue weighted by Crippen LogP contribution is 2.30. The molecular weight excluding hydrogens is 351 g/mol. The van der Waals surface area contributed by atoms with Gasteiger partial charge in [-0.05, 0) is 36.4 Å². The number of piperazine rings is 1. The average Bonchev–Trinajstić information content (AvgIpc) is 3.13. The van der Waals surface area contributed by atoms with E-state index in [1.165, 1.54) is 17.4 Å². The van der Waals surface area contributed by atoms with E-state index >= 15 is 0 Å². The fourth-order valence-electron chi connectivity index (χ4n) is 3.01. The summed E-state index contributed by atoms with van der Waals surface area (Å²) in [6.45, 7) is 2.47. The molecule has 5 nitrogen and oxygen atoms in total. The Kier molecular flexibility index (Phi) is 4.27. The Bertz CT molecular complexity index is 1000. The van der Waals surface area contributed by atoms with Crippen LogP contribution in [0.1, 0.15) is 15.9 Å². The third-order valence-corrected chi connectivity index (χ3v) is 5.54. The highest BCUT2D eigenvalue weighted by atomic mass is 32.1. The Morgan fingerprint density at radius 1 is 1.12 bits per heavy atom. The van der Waals surface area contributed by atoms with E-state index in [1.807, 2.05) is 12.1 Å². The van der Waals surface area contributed by atoms with Crippen molar-refractivity contribution in [3.8, 4) is 6.07 Å². The van der Waals surface area contributed by atoms with Gasteiger partial charge in [-0.25, -0.2) is 9.37 Å². The number of fused-ring (bicyclic) bond motifs is 1. The van der Waals surface area contributed by atoms with Gasteiger partial charge in [-0.2, -0.15) is 5.26 Å². The maximum Gasteiger partial charge on any atom is 0.253 e. The van der Waals surface area contributed by atoms with Crippen LogP contribution in [0.2, 0.25) is 0 Å². The van der Waals surface area contributed by atoms with Gasteiger partial charge < -0.3 is 9.80 Å². The van der Waals surface area contributed by atoms with E-state index in [0.717, 1.165) is 9.83 Å². The third kappa shape index (κ3) is 3.00. The number of hydrogen-bond donors (Lipinski definition) is 0. The zero-order valence-corrected chi connectivity index (χ0v) is 14.7. The van der Waals surface area contributed by atoms with Gasteiger partial charge >= 0.3 is 0 Å². The van der Waals surface area contributed by atoms with Gasteiger partial charge in [0, 0.05) is 31.7 Å². The van der Waals surface area contributed by atoms with E-state index in [1.54, 1.807) is 35.2 Å². The molecule has 0 radical (unpaired) electrons. The number of halogens is 1. The molecule has 1 fully saturated rings. The predicted octanol–water partition coefficient (Wildman–Crippen LogP) is 3.27. The Morgan fingerprint density at radius 2 is 1.85 bits per heavy atom. The summed E-state index contributed by atoms with van der Waals surface area (Å²) in [4.78, 5) is 20.9. The van der Waals surface area contributed by atoms with E-state index in [0.29, 0.717) is 42.8 Å². The number of thiazole rings is 1. The molecule has 1 aliphatic rings. The topological polar surface area (TPSA) is 60.2 Å². The van der Waals surface area contributed by atoms with Crippen LogP contribution in [0.25, 0.3) is 10.2 Å². The number of anilines is 1. The van der Waals surface area contributed by atoms with Crippen LogP contribution in [0, 0.1) is 17.1 Å². The van der Waals surface area contributed by atoms with Crippen LogP contribution >= 0.6 is 11.3 Å². The number of rotatable bonds is 2. The number of aromatic nitrogens is 1. The summed E-state index contributed by atoms with van der Waals surface area (Å²) >= 11 is 1.47. The maximum atomic E-state index is 13.8. The lowest BCUT2D eigenvalue weighted by Crippen LogP contribution is -2.48. The standard InChI is InChI=1S/C19H15FN4OS/c20-15-2-1-3-16-17(15)22-19(26-16)24-10-8-23(9-11-24)18(25)14-6-4-13(12-21)5-7-14/h1-7H,8-11H2. The summed E-state index contributed by atoms with van der Waals surface area (Å²) in [6.07, 6.45) is 0. The summed E-state index contributed by atoms with van der Waals surface area (Å²) in [7, 11) is 0. The number of carbonyl (C=O) groups is 1. The molecule has 7 heteroatoms. The van der Waals surface area contributed by atoms with Gasteiger partial charge in [0.2, 0.25) is 0 Å². The zero-order valence-electron chi connectivity index (χ0n) is 13.9. The van der Waals surface area contributed by atoms with Crippen LogP contribution in [0.5, 0.6) is 0 Å². The predicted molar refractivity (Wildman–Crippen MR) is 98.9 cm³/mol.